The summed E-state index contributed by atoms with van der Waals surface area (Å²) in [4.78, 5) is 0. The van der Waals surface area contributed by atoms with Gasteiger partial charge in [0.2, 0.25) is 0 Å². The van der Waals surface area contributed by atoms with E-state index in [1.807, 2.05) is 32.0 Å². The average Bonchev–Trinajstić information content (AvgIpc) is 2.21. The van der Waals surface area contributed by atoms with Crippen LogP contribution in [0.25, 0.3) is 0 Å². The minimum Gasteiger partial charge on any atom is -0.490 e. The van der Waals surface area contributed by atoms with Crippen LogP contribution in [-0.4, -0.2) is 23.5 Å². The van der Waals surface area contributed by atoms with Crippen LogP contribution in [0.3, 0.4) is 0 Å². The second kappa shape index (κ2) is 5.70. The van der Waals surface area contributed by atoms with Gasteiger partial charge >= 0.3 is 0 Å². The highest BCUT2D eigenvalue weighted by atomic mass is 28.1. The molecule has 0 spiro atoms. The van der Waals surface area contributed by atoms with E-state index in [0.717, 1.165) is 23.1 Å². The molecule has 3 radical (unpaired) electrons. The number of ether oxygens (including phenoxy) is 2. The van der Waals surface area contributed by atoms with E-state index < -0.39 is 0 Å². The molecule has 0 N–H and O–H groups in total. The maximum atomic E-state index is 5.56. The molecule has 0 amide bonds. The molecule has 1 aromatic rings. The van der Waals surface area contributed by atoms with Gasteiger partial charge in [-0.3, -0.25) is 0 Å². The van der Waals surface area contributed by atoms with Crippen LogP contribution in [0, 0.1) is 0 Å². The molecule has 0 aliphatic heterocycles. The summed E-state index contributed by atoms with van der Waals surface area (Å²) in [6.07, 6.45) is 0. The Balaban J connectivity index is 3.00. The van der Waals surface area contributed by atoms with Gasteiger partial charge in [-0.1, -0.05) is 12.1 Å². The standard InChI is InChI=1S/C11H15O2Si/c1-3-12-10-7-5-6-9(8-14)11(10)13-4-2/h5-7H,3-4,8H2,1-2H3. The number of rotatable bonds is 5. The van der Waals surface area contributed by atoms with E-state index >= 15 is 0 Å². The normalized spacial score (nSPS) is 9.93. The van der Waals surface area contributed by atoms with E-state index in [-0.39, 0.29) is 0 Å². The lowest BCUT2D eigenvalue weighted by molar-refractivity contribution is 0.286. The number of hydrogen-bond donors (Lipinski definition) is 0. The maximum absolute atomic E-state index is 5.56. The first kappa shape index (κ1) is 11.1. The molecule has 0 aliphatic carbocycles. The zero-order chi connectivity index (χ0) is 10.4. The molecule has 0 aromatic heterocycles. The van der Waals surface area contributed by atoms with Crippen molar-refractivity contribution in [1.29, 1.82) is 0 Å². The predicted molar refractivity (Wildman–Crippen MR) is 58.2 cm³/mol. The first-order valence-corrected chi connectivity index (χ1v) is 5.56. The average molecular weight is 207 g/mol. The lowest BCUT2D eigenvalue weighted by Crippen LogP contribution is -2.01. The van der Waals surface area contributed by atoms with E-state index in [2.05, 4.69) is 10.2 Å². The van der Waals surface area contributed by atoms with E-state index in [0.29, 0.717) is 13.2 Å². The minimum atomic E-state index is 0.656. The SMILES string of the molecule is CCOc1cccc(C[Si])c1OCC. The van der Waals surface area contributed by atoms with Crippen LogP contribution in [0.1, 0.15) is 19.4 Å². The van der Waals surface area contributed by atoms with Crippen molar-refractivity contribution in [2.45, 2.75) is 19.9 Å². The molecule has 0 fully saturated rings. The molecule has 1 rings (SSSR count). The fourth-order valence-electron chi connectivity index (χ4n) is 1.28. The molecule has 3 heteroatoms. The van der Waals surface area contributed by atoms with Crippen molar-refractivity contribution in [1.82, 2.24) is 0 Å². The quantitative estimate of drug-likeness (QED) is 0.689. The summed E-state index contributed by atoms with van der Waals surface area (Å²) < 4.78 is 11.0. The van der Waals surface area contributed by atoms with Crippen molar-refractivity contribution >= 4 is 10.2 Å². The molecule has 2 nitrogen and oxygen atoms in total. The lowest BCUT2D eigenvalue weighted by atomic mass is 10.2. The summed E-state index contributed by atoms with van der Waals surface area (Å²) in [7, 11) is 3.48. The predicted octanol–water partition coefficient (Wildman–Crippen LogP) is 2.15. The summed E-state index contributed by atoms with van der Waals surface area (Å²) >= 11 is 0. The van der Waals surface area contributed by atoms with Gasteiger partial charge in [-0.2, -0.15) is 0 Å². The number of para-hydroxylation sites is 1. The number of hydrogen-bond acceptors (Lipinski definition) is 2. The molecule has 0 unspecified atom stereocenters. The van der Waals surface area contributed by atoms with Crippen molar-refractivity contribution in [3.05, 3.63) is 23.8 Å². The topological polar surface area (TPSA) is 18.5 Å². The van der Waals surface area contributed by atoms with E-state index in [4.69, 9.17) is 9.47 Å². The van der Waals surface area contributed by atoms with Crippen molar-refractivity contribution in [2.75, 3.05) is 13.2 Å². The molecular weight excluding hydrogens is 192 g/mol. The van der Waals surface area contributed by atoms with Gasteiger partial charge < -0.3 is 9.47 Å². The Hall–Kier alpha value is -0.963. The second-order valence-corrected chi connectivity index (χ2v) is 3.14. The monoisotopic (exact) mass is 207 g/mol. The fourth-order valence-corrected chi connectivity index (χ4v) is 1.56. The van der Waals surface area contributed by atoms with E-state index in [1.165, 1.54) is 0 Å². The first-order chi connectivity index (χ1) is 6.83. The molecule has 0 atom stereocenters. The molecule has 0 bridgehead atoms. The van der Waals surface area contributed by atoms with Gasteiger partial charge in [-0.15, -0.1) is 0 Å². The molecule has 0 saturated carbocycles. The van der Waals surface area contributed by atoms with Crippen LogP contribution >= 0.6 is 0 Å². The second-order valence-electron chi connectivity index (χ2n) is 2.79. The smallest absolute Gasteiger partial charge is 0.164 e. The molecule has 0 aliphatic rings. The van der Waals surface area contributed by atoms with Crippen LogP contribution in [0.2, 0.25) is 0 Å². The van der Waals surface area contributed by atoms with Gasteiger partial charge in [-0.25, -0.2) is 0 Å². The summed E-state index contributed by atoms with van der Waals surface area (Å²) in [6, 6.07) is 6.71. The Kier molecular flexibility index (Phi) is 4.53. The van der Waals surface area contributed by atoms with Gasteiger partial charge in [0.05, 0.1) is 13.2 Å². The van der Waals surface area contributed by atoms with Crippen LogP contribution < -0.4 is 9.47 Å². The third-order valence-electron chi connectivity index (χ3n) is 1.84. The summed E-state index contributed by atoms with van der Waals surface area (Å²) in [5.74, 6) is 1.68. The maximum Gasteiger partial charge on any atom is 0.164 e. The van der Waals surface area contributed by atoms with Gasteiger partial charge in [0.15, 0.2) is 11.5 Å². The zero-order valence-corrected chi connectivity index (χ0v) is 9.67. The Bertz CT molecular complexity index is 287. The van der Waals surface area contributed by atoms with Crippen molar-refractivity contribution in [3.8, 4) is 11.5 Å². The Morgan fingerprint density at radius 3 is 2.43 bits per heavy atom. The first-order valence-electron chi connectivity index (χ1n) is 4.85. The molecular formula is C11H15O2Si. The van der Waals surface area contributed by atoms with Crippen molar-refractivity contribution in [2.24, 2.45) is 0 Å². The fraction of sp³-hybridized carbons (Fsp3) is 0.455. The lowest BCUT2D eigenvalue weighted by Gasteiger charge is -2.13. The molecule has 0 saturated heterocycles. The highest BCUT2D eigenvalue weighted by Crippen LogP contribution is 2.31. The van der Waals surface area contributed by atoms with Crippen LogP contribution in [0.5, 0.6) is 11.5 Å². The summed E-state index contributed by atoms with van der Waals surface area (Å²) in [5.41, 5.74) is 1.12. The zero-order valence-electron chi connectivity index (χ0n) is 8.67. The third kappa shape index (κ3) is 2.51. The van der Waals surface area contributed by atoms with Gasteiger partial charge in [0.1, 0.15) is 0 Å². The minimum absolute atomic E-state index is 0.656. The third-order valence-corrected chi connectivity index (χ3v) is 2.22. The summed E-state index contributed by atoms with van der Waals surface area (Å²) in [6.45, 7) is 5.25. The Labute approximate surface area is 88.7 Å². The van der Waals surface area contributed by atoms with E-state index in [1.54, 1.807) is 0 Å². The van der Waals surface area contributed by atoms with Crippen molar-refractivity contribution < 1.29 is 9.47 Å². The largest absolute Gasteiger partial charge is 0.490 e. The Morgan fingerprint density at radius 2 is 1.86 bits per heavy atom. The van der Waals surface area contributed by atoms with E-state index in [9.17, 15) is 0 Å². The van der Waals surface area contributed by atoms with Crippen LogP contribution in [0.4, 0.5) is 0 Å². The van der Waals surface area contributed by atoms with Crippen molar-refractivity contribution in [3.63, 3.8) is 0 Å². The van der Waals surface area contributed by atoms with Gasteiger partial charge in [0.25, 0.3) is 0 Å². The number of benzene rings is 1. The molecule has 0 heterocycles. The summed E-state index contributed by atoms with van der Waals surface area (Å²) in [5, 5.41) is 0. The molecule has 1 aromatic carbocycles. The van der Waals surface area contributed by atoms with Gasteiger partial charge in [0, 0.05) is 10.2 Å². The van der Waals surface area contributed by atoms with Crippen LogP contribution in [0.15, 0.2) is 18.2 Å². The van der Waals surface area contributed by atoms with Crippen LogP contribution in [-0.2, 0) is 6.04 Å². The Morgan fingerprint density at radius 1 is 1.14 bits per heavy atom. The molecule has 75 valence electrons. The highest BCUT2D eigenvalue weighted by Gasteiger charge is 2.08. The highest BCUT2D eigenvalue weighted by molar-refractivity contribution is 6.08. The molecule has 14 heavy (non-hydrogen) atoms. The van der Waals surface area contributed by atoms with Gasteiger partial charge in [-0.05, 0) is 31.5 Å².